The van der Waals surface area contributed by atoms with Crippen molar-refractivity contribution >= 4 is 11.7 Å². The molecule has 5 nitrogen and oxygen atoms in total. The summed E-state index contributed by atoms with van der Waals surface area (Å²) in [7, 11) is 0. The molecule has 0 radical (unpaired) electrons. The number of carbonyl (C=O) groups excluding carboxylic acids is 1. The second kappa shape index (κ2) is 4.81. The van der Waals surface area contributed by atoms with Crippen molar-refractivity contribution in [2.45, 2.75) is 25.3 Å². The number of hydrogen-bond acceptors (Lipinski definition) is 4. The zero-order chi connectivity index (χ0) is 13.4. The Bertz CT molecular complexity index is 490. The zero-order valence-electron chi connectivity index (χ0n) is 11.0. The first kappa shape index (κ1) is 12.4. The smallest absolute Gasteiger partial charge is 0.248 e. The van der Waals surface area contributed by atoms with Crippen LogP contribution in [0, 0.1) is 11.8 Å². The van der Waals surface area contributed by atoms with Crippen LogP contribution in [-0.2, 0) is 0 Å². The Morgan fingerprint density at radius 3 is 2.95 bits per heavy atom. The number of hydrogen-bond donors (Lipinski definition) is 2. The fourth-order valence-corrected chi connectivity index (χ4v) is 3.45. The SMILES string of the molecule is NC(=O)c1ccnc(N2CC3CCCC(N)C3C2)c1. The molecule has 0 aromatic carbocycles. The lowest BCUT2D eigenvalue weighted by atomic mass is 9.78. The molecule has 0 bridgehead atoms. The van der Waals surface area contributed by atoms with Gasteiger partial charge in [-0.1, -0.05) is 6.42 Å². The van der Waals surface area contributed by atoms with Gasteiger partial charge in [-0.25, -0.2) is 4.98 Å². The standard InChI is InChI=1S/C14H20N4O/c15-12-3-1-2-10-7-18(8-11(10)12)13-6-9(14(16)19)4-5-17-13/h4-6,10-12H,1-3,7-8,15H2,(H2,16,19). The van der Waals surface area contributed by atoms with Gasteiger partial charge in [0.25, 0.3) is 0 Å². The Hall–Kier alpha value is -1.62. The van der Waals surface area contributed by atoms with Crippen LogP contribution < -0.4 is 16.4 Å². The molecular formula is C14H20N4O. The quantitative estimate of drug-likeness (QED) is 0.821. The Morgan fingerprint density at radius 1 is 1.37 bits per heavy atom. The molecular weight excluding hydrogens is 240 g/mol. The van der Waals surface area contributed by atoms with Crippen molar-refractivity contribution in [3.8, 4) is 0 Å². The van der Waals surface area contributed by atoms with Crippen LogP contribution in [0.15, 0.2) is 18.3 Å². The summed E-state index contributed by atoms with van der Waals surface area (Å²) < 4.78 is 0. The van der Waals surface area contributed by atoms with Crippen LogP contribution in [0.25, 0.3) is 0 Å². The molecule has 1 aliphatic heterocycles. The summed E-state index contributed by atoms with van der Waals surface area (Å²) in [6, 6.07) is 3.74. The average molecular weight is 260 g/mol. The minimum Gasteiger partial charge on any atom is -0.366 e. The van der Waals surface area contributed by atoms with E-state index in [4.69, 9.17) is 11.5 Å². The normalized spacial score (nSPS) is 30.2. The van der Waals surface area contributed by atoms with Gasteiger partial charge in [-0.2, -0.15) is 0 Å². The second-order valence-corrected chi connectivity index (χ2v) is 5.69. The lowest BCUT2D eigenvalue weighted by Crippen LogP contribution is -2.38. The maximum atomic E-state index is 11.2. The molecule has 2 aliphatic rings. The highest BCUT2D eigenvalue weighted by Gasteiger charge is 2.39. The van der Waals surface area contributed by atoms with Crippen LogP contribution in [0.4, 0.5) is 5.82 Å². The fourth-order valence-electron chi connectivity index (χ4n) is 3.45. The van der Waals surface area contributed by atoms with Crippen LogP contribution in [-0.4, -0.2) is 30.0 Å². The van der Waals surface area contributed by atoms with Gasteiger partial charge in [-0.15, -0.1) is 0 Å². The predicted molar refractivity (Wildman–Crippen MR) is 73.8 cm³/mol. The first-order valence-electron chi connectivity index (χ1n) is 6.91. The van der Waals surface area contributed by atoms with Crippen LogP contribution in [0.1, 0.15) is 29.6 Å². The molecule has 4 N–H and O–H groups in total. The summed E-state index contributed by atoms with van der Waals surface area (Å²) >= 11 is 0. The lowest BCUT2D eigenvalue weighted by molar-refractivity contribution is 0.1000. The number of primary amides is 1. The monoisotopic (exact) mass is 260 g/mol. The van der Waals surface area contributed by atoms with Gasteiger partial charge in [0.05, 0.1) is 0 Å². The van der Waals surface area contributed by atoms with Crippen LogP contribution in [0.2, 0.25) is 0 Å². The van der Waals surface area contributed by atoms with Gasteiger partial charge in [-0.3, -0.25) is 4.79 Å². The number of nitrogens with two attached hydrogens (primary N) is 2. The molecule has 1 saturated heterocycles. The Labute approximate surface area is 113 Å². The summed E-state index contributed by atoms with van der Waals surface area (Å²) in [6.45, 7) is 1.94. The first-order valence-corrected chi connectivity index (χ1v) is 6.91. The highest BCUT2D eigenvalue weighted by Crippen LogP contribution is 2.37. The number of anilines is 1. The topological polar surface area (TPSA) is 85.2 Å². The molecule has 1 aromatic heterocycles. The maximum absolute atomic E-state index is 11.2. The lowest BCUT2D eigenvalue weighted by Gasteiger charge is -2.29. The van der Waals surface area contributed by atoms with Crippen molar-refractivity contribution in [1.82, 2.24) is 4.98 Å². The third kappa shape index (κ3) is 2.30. The van der Waals surface area contributed by atoms with Gasteiger partial charge in [0.1, 0.15) is 5.82 Å². The second-order valence-electron chi connectivity index (χ2n) is 5.69. The molecule has 19 heavy (non-hydrogen) atoms. The molecule has 1 saturated carbocycles. The van der Waals surface area contributed by atoms with E-state index in [1.807, 2.05) is 0 Å². The molecule has 3 unspecified atom stereocenters. The molecule has 102 valence electrons. The number of aromatic nitrogens is 1. The van der Waals surface area contributed by atoms with Gasteiger partial charge >= 0.3 is 0 Å². The van der Waals surface area contributed by atoms with Crippen molar-refractivity contribution in [3.05, 3.63) is 23.9 Å². The number of amides is 1. The van der Waals surface area contributed by atoms with Crippen LogP contribution in [0.3, 0.4) is 0 Å². The summed E-state index contributed by atoms with van der Waals surface area (Å²) in [6.07, 6.45) is 5.26. The van der Waals surface area contributed by atoms with E-state index in [1.54, 1.807) is 18.3 Å². The average Bonchev–Trinajstić information content (AvgIpc) is 2.84. The summed E-state index contributed by atoms with van der Waals surface area (Å²) in [5, 5.41) is 0. The van der Waals surface area contributed by atoms with Crippen LogP contribution >= 0.6 is 0 Å². The molecule has 2 fully saturated rings. The molecule has 1 amide bonds. The molecule has 1 aromatic rings. The number of pyridine rings is 1. The van der Waals surface area contributed by atoms with Gasteiger partial charge in [0.2, 0.25) is 5.91 Å². The maximum Gasteiger partial charge on any atom is 0.248 e. The molecule has 0 spiro atoms. The molecule has 3 rings (SSSR count). The minimum atomic E-state index is -0.406. The Morgan fingerprint density at radius 2 is 2.21 bits per heavy atom. The van der Waals surface area contributed by atoms with E-state index in [2.05, 4.69) is 9.88 Å². The van der Waals surface area contributed by atoms with Gasteiger partial charge < -0.3 is 16.4 Å². The zero-order valence-corrected chi connectivity index (χ0v) is 11.0. The Balaban J connectivity index is 1.80. The largest absolute Gasteiger partial charge is 0.366 e. The van der Waals surface area contributed by atoms with Crippen LogP contribution in [0.5, 0.6) is 0 Å². The van der Waals surface area contributed by atoms with Gasteiger partial charge in [-0.05, 0) is 36.8 Å². The van der Waals surface area contributed by atoms with Crippen molar-refractivity contribution in [2.24, 2.45) is 23.3 Å². The predicted octanol–water partition coefficient (Wildman–Crippen LogP) is 0.744. The first-order chi connectivity index (χ1) is 9.15. The van der Waals surface area contributed by atoms with E-state index in [0.29, 0.717) is 23.4 Å². The molecule has 1 aliphatic carbocycles. The van der Waals surface area contributed by atoms with E-state index in [0.717, 1.165) is 25.3 Å². The number of rotatable bonds is 2. The number of nitrogens with zero attached hydrogens (tertiary/aromatic N) is 2. The van der Waals surface area contributed by atoms with E-state index >= 15 is 0 Å². The Kier molecular flexibility index (Phi) is 3.14. The third-order valence-electron chi connectivity index (χ3n) is 4.51. The van der Waals surface area contributed by atoms with Crippen molar-refractivity contribution in [1.29, 1.82) is 0 Å². The number of carbonyl (C=O) groups is 1. The summed E-state index contributed by atoms with van der Waals surface area (Å²) in [4.78, 5) is 17.8. The summed E-state index contributed by atoms with van der Waals surface area (Å²) in [5.41, 5.74) is 12.0. The van der Waals surface area contributed by atoms with Gasteiger partial charge in [0, 0.05) is 30.9 Å². The summed E-state index contributed by atoms with van der Waals surface area (Å²) in [5.74, 6) is 1.67. The van der Waals surface area contributed by atoms with Crippen molar-refractivity contribution < 1.29 is 4.79 Å². The highest BCUT2D eigenvalue weighted by atomic mass is 16.1. The van der Waals surface area contributed by atoms with Gasteiger partial charge in [0.15, 0.2) is 0 Å². The van der Waals surface area contributed by atoms with Crippen molar-refractivity contribution in [3.63, 3.8) is 0 Å². The van der Waals surface area contributed by atoms with E-state index in [1.165, 1.54) is 12.8 Å². The highest BCUT2D eigenvalue weighted by molar-refractivity contribution is 5.93. The minimum absolute atomic E-state index is 0.308. The third-order valence-corrected chi connectivity index (χ3v) is 4.51. The number of fused-ring (bicyclic) bond motifs is 1. The van der Waals surface area contributed by atoms with E-state index in [9.17, 15) is 4.79 Å². The van der Waals surface area contributed by atoms with E-state index in [-0.39, 0.29) is 0 Å². The fraction of sp³-hybridized carbons (Fsp3) is 0.571. The van der Waals surface area contributed by atoms with Crippen molar-refractivity contribution in [2.75, 3.05) is 18.0 Å². The molecule has 2 heterocycles. The molecule has 3 atom stereocenters. The molecule has 5 heteroatoms. The van der Waals surface area contributed by atoms with E-state index < -0.39 is 5.91 Å².